The normalized spacial score (nSPS) is 22.2. The predicted octanol–water partition coefficient (Wildman–Crippen LogP) is 1.88. The number of likely N-dealkylation sites (tertiary alicyclic amines) is 1. The van der Waals surface area contributed by atoms with Crippen LogP contribution in [0.1, 0.15) is 31.4 Å². The van der Waals surface area contributed by atoms with Gasteiger partial charge in [-0.05, 0) is 32.8 Å². The van der Waals surface area contributed by atoms with E-state index in [1.54, 1.807) is 0 Å². The van der Waals surface area contributed by atoms with Crippen molar-refractivity contribution < 1.29 is 4.79 Å². The fourth-order valence-electron chi connectivity index (χ4n) is 2.53. The maximum Gasteiger partial charge on any atom is 0.227 e. The largest absolute Gasteiger partial charge is 0.336 e. The van der Waals surface area contributed by atoms with E-state index in [4.69, 9.17) is 5.73 Å². The van der Waals surface area contributed by atoms with Crippen LogP contribution in [0.2, 0.25) is 0 Å². The van der Waals surface area contributed by atoms with Crippen LogP contribution in [-0.2, 0) is 11.2 Å². The minimum absolute atomic E-state index is 0.0828. The van der Waals surface area contributed by atoms with E-state index in [0.717, 1.165) is 18.5 Å². The second-order valence-electron chi connectivity index (χ2n) is 5.76. The lowest BCUT2D eigenvalue weighted by Gasteiger charge is -2.34. The fraction of sp³-hybridized carbons (Fsp3) is 0.533. The van der Waals surface area contributed by atoms with E-state index in [0.29, 0.717) is 6.42 Å². The molecule has 1 atom stereocenters. The number of hydrogen-bond donors (Lipinski definition) is 1. The van der Waals surface area contributed by atoms with Crippen molar-refractivity contribution in [2.45, 2.75) is 45.2 Å². The van der Waals surface area contributed by atoms with Crippen molar-refractivity contribution in [1.29, 1.82) is 0 Å². The van der Waals surface area contributed by atoms with E-state index in [9.17, 15) is 4.79 Å². The summed E-state index contributed by atoms with van der Waals surface area (Å²) in [7, 11) is 0. The summed E-state index contributed by atoms with van der Waals surface area (Å²) in [6, 6.07) is 8.22. The van der Waals surface area contributed by atoms with E-state index in [1.807, 2.05) is 36.1 Å². The molecule has 3 heteroatoms. The molecule has 0 aliphatic carbocycles. The van der Waals surface area contributed by atoms with Crippen molar-refractivity contribution >= 4 is 5.91 Å². The lowest BCUT2D eigenvalue weighted by atomic mass is 9.96. The molecule has 18 heavy (non-hydrogen) atoms. The molecule has 0 spiro atoms. The van der Waals surface area contributed by atoms with Gasteiger partial charge in [0.1, 0.15) is 0 Å². The van der Waals surface area contributed by atoms with Crippen LogP contribution in [-0.4, -0.2) is 28.9 Å². The lowest BCUT2D eigenvalue weighted by molar-refractivity contribution is -0.133. The van der Waals surface area contributed by atoms with Crippen molar-refractivity contribution in [3.05, 3.63) is 35.4 Å². The van der Waals surface area contributed by atoms with E-state index >= 15 is 0 Å². The molecule has 0 radical (unpaired) electrons. The Hall–Kier alpha value is -1.35. The number of aryl methyl sites for hydroxylation is 1. The molecule has 2 rings (SSSR count). The first kappa shape index (κ1) is 13.1. The van der Waals surface area contributed by atoms with Gasteiger partial charge in [-0.25, -0.2) is 0 Å². The Balaban J connectivity index is 2.07. The molecule has 0 aromatic heterocycles. The summed E-state index contributed by atoms with van der Waals surface area (Å²) >= 11 is 0. The molecule has 2 N–H and O–H groups in total. The zero-order chi connectivity index (χ0) is 13.3. The third-order valence-corrected chi connectivity index (χ3v) is 4.04. The van der Waals surface area contributed by atoms with Gasteiger partial charge in [0.25, 0.3) is 0 Å². The summed E-state index contributed by atoms with van der Waals surface area (Å²) in [5.74, 6) is 0.178. The predicted molar refractivity (Wildman–Crippen MR) is 73.3 cm³/mol. The average Bonchev–Trinajstić information content (AvgIpc) is 2.57. The summed E-state index contributed by atoms with van der Waals surface area (Å²) in [5, 5.41) is 0. The Morgan fingerprint density at radius 2 is 2.00 bits per heavy atom. The Bertz CT molecular complexity index is 436. The fourth-order valence-corrected chi connectivity index (χ4v) is 2.53. The minimum Gasteiger partial charge on any atom is -0.336 e. The quantitative estimate of drug-likeness (QED) is 0.866. The number of amides is 1. The van der Waals surface area contributed by atoms with Gasteiger partial charge in [0.2, 0.25) is 5.91 Å². The van der Waals surface area contributed by atoms with Crippen LogP contribution in [0.15, 0.2) is 24.3 Å². The topological polar surface area (TPSA) is 46.3 Å². The third-order valence-electron chi connectivity index (χ3n) is 4.04. The molecular weight excluding hydrogens is 224 g/mol. The highest BCUT2D eigenvalue weighted by Gasteiger charge is 2.41. The summed E-state index contributed by atoms with van der Waals surface area (Å²) < 4.78 is 0. The van der Waals surface area contributed by atoms with Gasteiger partial charge in [-0.2, -0.15) is 0 Å². The Morgan fingerprint density at radius 1 is 1.39 bits per heavy atom. The average molecular weight is 246 g/mol. The van der Waals surface area contributed by atoms with Crippen LogP contribution in [0.4, 0.5) is 0 Å². The first-order valence-electron chi connectivity index (χ1n) is 6.53. The van der Waals surface area contributed by atoms with Crippen molar-refractivity contribution in [3.63, 3.8) is 0 Å². The van der Waals surface area contributed by atoms with E-state index in [2.05, 4.69) is 13.8 Å². The molecule has 1 aromatic rings. The van der Waals surface area contributed by atoms with Crippen LogP contribution in [0.3, 0.4) is 0 Å². The molecule has 1 unspecified atom stereocenters. The summed E-state index contributed by atoms with van der Waals surface area (Å²) in [6.07, 6.45) is 1.36. The number of hydrogen-bond acceptors (Lipinski definition) is 2. The molecule has 1 heterocycles. The van der Waals surface area contributed by atoms with E-state index < -0.39 is 0 Å². The first-order chi connectivity index (χ1) is 8.41. The highest BCUT2D eigenvalue weighted by molar-refractivity contribution is 5.80. The number of nitrogens with zero attached hydrogens (tertiary/aromatic N) is 1. The molecule has 1 amide bonds. The Kier molecular flexibility index (Phi) is 3.44. The third kappa shape index (κ3) is 2.41. The van der Waals surface area contributed by atoms with Crippen LogP contribution in [0.25, 0.3) is 0 Å². The zero-order valence-electron chi connectivity index (χ0n) is 11.4. The number of rotatable bonds is 2. The summed E-state index contributed by atoms with van der Waals surface area (Å²) in [6.45, 7) is 6.93. The molecule has 1 saturated heterocycles. The van der Waals surface area contributed by atoms with Crippen LogP contribution in [0, 0.1) is 6.92 Å². The van der Waals surface area contributed by atoms with Crippen molar-refractivity contribution in [3.8, 4) is 0 Å². The number of carbonyl (C=O) groups is 1. The molecule has 1 aliphatic rings. The molecule has 98 valence electrons. The molecule has 0 bridgehead atoms. The monoisotopic (exact) mass is 246 g/mol. The maximum absolute atomic E-state index is 12.3. The SMILES string of the molecule is Cc1ccc(CC(=O)N2CCC(N)C2(C)C)cc1. The van der Waals surface area contributed by atoms with Crippen LogP contribution in [0.5, 0.6) is 0 Å². The summed E-state index contributed by atoms with van der Waals surface area (Å²) in [5.41, 5.74) is 8.13. The second-order valence-corrected chi connectivity index (χ2v) is 5.76. The molecule has 1 aromatic carbocycles. The standard InChI is InChI=1S/C15H22N2O/c1-11-4-6-12(7-5-11)10-14(18)17-9-8-13(16)15(17,2)3/h4-7,13H,8-10,16H2,1-3H3. The lowest BCUT2D eigenvalue weighted by Crippen LogP contribution is -2.51. The molecule has 1 fully saturated rings. The highest BCUT2D eigenvalue weighted by Crippen LogP contribution is 2.28. The van der Waals surface area contributed by atoms with E-state index in [-0.39, 0.29) is 17.5 Å². The van der Waals surface area contributed by atoms with Gasteiger partial charge in [-0.3, -0.25) is 4.79 Å². The van der Waals surface area contributed by atoms with Crippen molar-refractivity contribution in [2.24, 2.45) is 5.73 Å². The van der Waals surface area contributed by atoms with Gasteiger partial charge in [0.15, 0.2) is 0 Å². The summed E-state index contributed by atoms with van der Waals surface area (Å²) in [4.78, 5) is 14.3. The number of carbonyl (C=O) groups excluding carboxylic acids is 1. The van der Waals surface area contributed by atoms with Gasteiger partial charge >= 0.3 is 0 Å². The van der Waals surface area contributed by atoms with Gasteiger partial charge in [-0.15, -0.1) is 0 Å². The number of nitrogens with two attached hydrogens (primary N) is 1. The molecule has 1 aliphatic heterocycles. The smallest absolute Gasteiger partial charge is 0.227 e. The van der Waals surface area contributed by atoms with E-state index in [1.165, 1.54) is 5.56 Å². The highest BCUT2D eigenvalue weighted by atomic mass is 16.2. The van der Waals surface area contributed by atoms with Gasteiger partial charge in [0, 0.05) is 12.6 Å². The van der Waals surface area contributed by atoms with Gasteiger partial charge in [0.05, 0.1) is 12.0 Å². The zero-order valence-corrected chi connectivity index (χ0v) is 11.4. The Labute approximate surface area is 109 Å². The van der Waals surface area contributed by atoms with Crippen LogP contribution < -0.4 is 5.73 Å². The molecular formula is C15H22N2O. The molecule has 3 nitrogen and oxygen atoms in total. The number of benzene rings is 1. The second kappa shape index (κ2) is 4.73. The van der Waals surface area contributed by atoms with Gasteiger partial charge < -0.3 is 10.6 Å². The Morgan fingerprint density at radius 3 is 2.50 bits per heavy atom. The molecule has 0 saturated carbocycles. The minimum atomic E-state index is -0.220. The van der Waals surface area contributed by atoms with Crippen LogP contribution >= 0.6 is 0 Å². The first-order valence-corrected chi connectivity index (χ1v) is 6.53. The van der Waals surface area contributed by atoms with Gasteiger partial charge in [-0.1, -0.05) is 29.8 Å². The van der Waals surface area contributed by atoms with Crippen molar-refractivity contribution in [1.82, 2.24) is 4.90 Å². The maximum atomic E-state index is 12.3. The van der Waals surface area contributed by atoms with Crippen molar-refractivity contribution in [2.75, 3.05) is 6.54 Å².